The van der Waals surface area contributed by atoms with E-state index in [0.717, 1.165) is 5.56 Å². The second kappa shape index (κ2) is 10.8. The van der Waals surface area contributed by atoms with Crippen molar-refractivity contribution in [1.82, 2.24) is 0 Å². The van der Waals surface area contributed by atoms with Crippen LogP contribution in [0.3, 0.4) is 0 Å². The Hall–Kier alpha value is -2.03. The van der Waals surface area contributed by atoms with Gasteiger partial charge in [-0.1, -0.05) is 72.5 Å². The zero-order valence-electron chi connectivity index (χ0n) is 15.1. The Kier molecular flexibility index (Phi) is 9.18. The first-order valence-corrected chi connectivity index (χ1v) is 9.01. The third kappa shape index (κ3) is 5.76. The van der Waals surface area contributed by atoms with Crippen LogP contribution in [-0.4, -0.2) is 18.4 Å². The molecule has 138 valence electrons. The Morgan fingerprint density at radius 1 is 1.04 bits per heavy atom. The van der Waals surface area contributed by atoms with Crippen molar-refractivity contribution in [3.05, 3.63) is 70.2 Å². The van der Waals surface area contributed by atoms with Crippen LogP contribution in [0.5, 0.6) is 0 Å². The van der Waals surface area contributed by atoms with Crippen LogP contribution in [-0.2, 0) is 14.1 Å². The van der Waals surface area contributed by atoms with Gasteiger partial charge >= 0.3 is 15.1 Å². The molecule has 0 heterocycles. The van der Waals surface area contributed by atoms with Gasteiger partial charge in [0, 0.05) is 5.56 Å². The van der Waals surface area contributed by atoms with Crippen molar-refractivity contribution in [2.24, 2.45) is 5.92 Å². The molecule has 0 aliphatic rings. The molecule has 0 radical (unpaired) electrons. The topological polar surface area (TPSA) is 60.4 Å². The van der Waals surface area contributed by atoms with Gasteiger partial charge in [0.1, 0.15) is 5.92 Å². The monoisotopic (exact) mass is 393 g/mol. The van der Waals surface area contributed by atoms with E-state index in [9.17, 15) is 9.59 Å². The molecule has 0 fully saturated rings. The first-order valence-electron chi connectivity index (χ1n) is 8.16. The van der Waals surface area contributed by atoms with E-state index >= 15 is 0 Å². The van der Waals surface area contributed by atoms with Crippen molar-refractivity contribution in [2.75, 3.05) is 6.61 Å². The molecule has 2 aromatic carbocycles. The maximum Gasteiger partial charge on any atom is 0.321 e. The Morgan fingerprint density at radius 3 is 2.19 bits per heavy atom. The van der Waals surface area contributed by atoms with Gasteiger partial charge < -0.3 is 4.74 Å². The minimum Gasteiger partial charge on any atom is -0.465 e. The number of carbonyl (C=O) groups is 2. The lowest BCUT2D eigenvalue weighted by atomic mass is 9.89. The Labute approximate surface area is 161 Å². The smallest absolute Gasteiger partial charge is 0.321 e. The molecule has 2 unspecified atom stereocenters. The van der Waals surface area contributed by atoms with Crippen LogP contribution in [0.15, 0.2) is 48.5 Å². The Bertz CT molecular complexity index is 726. The lowest BCUT2D eigenvalue weighted by Gasteiger charge is -2.18. The quantitative estimate of drug-likeness (QED) is 0.299. The van der Waals surface area contributed by atoms with Crippen LogP contribution in [0.2, 0.25) is 5.02 Å². The molecule has 0 aliphatic carbocycles. The molecule has 6 heteroatoms. The van der Waals surface area contributed by atoms with Gasteiger partial charge in [0.05, 0.1) is 11.6 Å². The van der Waals surface area contributed by atoms with E-state index in [0.29, 0.717) is 16.1 Å². The van der Waals surface area contributed by atoms with Crippen LogP contribution in [0.25, 0.3) is 0 Å². The number of aryl methyl sites for hydroxylation is 1. The van der Waals surface area contributed by atoms with Gasteiger partial charge in [-0.25, -0.2) is 0 Å². The molecule has 2 atom stereocenters. The van der Waals surface area contributed by atoms with E-state index in [-0.39, 0.29) is 18.3 Å². The van der Waals surface area contributed by atoms with Gasteiger partial charge in [-0.15, -0.1) is 0 Å². The fourth-order valence-corrected chi connectivity index (χ4v) is 2.78. The summed E-state index contributed by atoms with van der Waals surface area (Å²) in [5, 5.41) is 0.345. The van der Waals surface area contributed by atoms with Crippen LogP contribution in [0.1, 0.15) is 41.3 Å². The van der Waals surface area contributed by atoms with E-state index in [2.05, 4.69) is 0 Å². The molecule has 0 saturated heterocycles. The summed E-state index contributed by atoms with van der Waals surface area (Å²) < 4.78 is 13.5. The maximum absolute atomic E-state index is 13.1. The Balaban J connectivity index is 0.00000163. The fraction of sp³-hybridized carbons (Fsp3) is 0.300. The summed E-state index contributed by atoms with van der Waals surface area (Å²) in [6.45, 7) is 5.98. The number of hydrogen-bond donors (Lipinski definition) is 0. The molecular weight excluding hydrogens is 371 g/mol. The molecular formula is C20H23ClO4P+. The van der Waals surface area contributed by atoms with E-state index in [1.807, 2.05) is 19.9 Å². The van der Waals surface area contributed by atoms with Crippen molar-refractivity contribution < 1.29 is 18.9 Å². The summed E-state index contributed by atoms with van der Waals surface area (Å²) in [7, 11) is 1.17. The number of hydrogen-bond acceptors (Lipinski definition) is 4. The van der Waals surface area contributed by atoms with E-state index in [4.69, 9.17) is 20.9 Å². The highest BCUT2D eigenvalue weighted by molar-refractivity contribution is 7.00. The molecule has 2 aromatic rings. The van der Waals surface area contributed by atoms with E-state index < -0.39 is 11.9 Å². The van der Waals surface area contributed by atoms with Crippen molar-refractivity contribution in [3.63, 3.8) is 0 Å². The highest BCUT2D eigenvalue weighted by Crippen LogP contribution is 2.28. The number of esters is 1. The van der Waals surface area contributed by atoms with Crippen molar-refractivity contribution in [2.45, 2.75) is 26.7 Å². The summed E-state index contributed by atoms with van der Waals surface area (Å²) in [6, 6.07) is 14.2. The lowest BCUT2D eigenvalue weighted by Crippen LogP contribution is -2.26. The van der Waals surface area contributed by atoms with Crippen LogP contribution < -0.4 is 0 Å². The number of ketones is 1. The second-order valence-electron chi connectivity index (χ2n) is 6.16. The van der Waals surface area contributed by atoms with Gasteiger partial charge in [-0.3, -0.25) is 9.59 Å². The predicted molar refractivity (Wildman–Crippen MR) is 106 cm³/mol. The SMILES string of the molecule is Cc1cccc(Cl)c1C(=O)C(C(=O)OCC(C)C)c1ccccc1.O=[PH2+]. The van der Waals surface area contributed by atoms with Gasteiger partial charge in [-0.05, 0) is 30.0 Å². The van der Waals surface area contributed by atoms with Crippen LogP contribution >= 0.6 is 20.7 Å². The first-order chi connectivity index (χ1) is 12.4. The average molecular weight is 394 g/mol. The van der Waals surface area contributed by atoms with Gasteiger partial charge in [0.2, 0.25) is 0 Å². The zero-order valence-corrected chi connectivity index (χ0v) is 17.0. The van der Waals surface area contributed by atoms with Crippen molar-refractivity contribution in [1.29, 1.82) is 0 Å². The molecule has 0 bridgehead atoms. The molecule has 0 N–H and O–H groups in total. The standard InChI is InChI=1S/C20H21ClO3.H2OP/c1-13(2)12-24-20(23)18(15-9-5-4-6-10-15)19(22)17-14(3)8-7-11-16(17)21;1-2/h4-11,13,18H,12H2,1-3H3;2H2/q;+1. The first kappa shape index (κ1) is 22.0. The number of rotatable bonds is 6. The third-order valence-corrected chi connectivity index (χ3v) is 3.97. The van der Waals surface area contributed by atoms with Gasteiger partial charge in [-0.2, -0.15) is 0 Å². The number of halogens is 1. The fourth-order valence-electron chi connectivity index (χ4n) is 2.46. The third-order valence-electron chi connectivity index (χ3n) is 3.66. The summed E-state index contributed by atoms with van der Waals surface area (Å²) in [5.41, 5.74) is 1.72. The second-order valence-corrected chi connectivity index (χ2v) is 6.57. The lowest BCUT2D eigenvalue weighted by molar-refractivity contribution is -0.145. The van der Waals surface area contributed by atoms with Crippen molar-refractivity contribution in [3.8, 4) is 0 Å². The molecule has 0 amide bonds. The molecule has 0 aromatic heterocycles. The number of Topliss-reactive ketones (excluding diaryl/α,β-unsaturated/α-hetero) is 1. The van der Waals surface area contributed by atoms with Gasteiger partial charge in [0.15, 0.2) is 5.78 Å². The largest absolute Gasteiger partial charge is 0.465 e. The molecule has 26 heavy (non-hydrogen) atoms. The highest BCUT2D eigenvalue weighted by Gasteiger charge is 2.32. The summed E-state index contributed by atoms with van der Waals surface area (Å²) >= 11 is 6.22. The molecule has 2 rings (SSSR count). The molecule has 0 aliphatic heterocycles. The van der Waals surface area contributed by atoms with Crippen LogP contribution in [0, 0.1) is 12.8 Å². The Morgan fingerprint density at radius 2 is 1.65 bits per heavy atom. The minimum absolute atomic E-state index is 0.197. The minimum atomic E-state index is -1.01. The van der Waals surface area contributed by atoms with E-state index in [1.54, 1.807) is 49.4 Å². The van der Waals surface area contributed by atoms with E-state index in [1.165, 1.54) is 9.12 Å². The number of benzene rings is 2. The average Bonchev–Trinajstić information content (AvgIpc) is 2.62. The summed E-state index contributed by atoms with van der Waals surface area (Å²) in [5.74, 6) is -1.69. The normalized spacial score (nSPS) is 11.3. The molecule has 0 saturated carbocycles. The summed E-state index contributed by atoms with van der Waals surface area (Å²) in [4.78, 5) is 25.7. The highest BCUT2D eigenvalue weighted by atomic mass is 35.5. The molecule has 0 spiro atoms. The maximum atomic E-state index is 13.1. The summed E-state index contributed by atoms with van der Waals surface area (Å²) in [6.07, 6.45) is 0. The number of carbonyl (C=O) groups excluding carboxylic acids is 2. The van der Waals surface area contributed by atoms with Crippen molar-refractivity contribution >= 4 is 32.5 Å². The molecule has 4 nitrogen and oxygen atoms in total. The van der Waals surface area contributed by atoms with Gasteiger partial charge in [0.25, 0.3) is 0 Å². The number of ether oxygens (including phenoxy) is 1. The van der Waals surface area contributed by atoms with Crippen LogP contribution in [0.4, 0.5) is 0 Å². The predicted octanol–water partition coefficient (Wildman–Crippen LogP) is 5.02. The zero-order chi connectivity index (χ0) is 19.7.